The Labute approximate surface area is 109 Å². The first kappa shape index (κ1) is 12.3. The molecule has 1 saturated carbocycles. The van der Waals surface area contributed by atoms with Gasteiger partial charge in [-0.1, -0.05) is 6.42 Å². The summed E-state index contributed by atoms with van der Waals surface area (Å²) in [6, 6.07) is 0. The highest BCUT2D eigenvalue weighted by atomic mass is 16.6. The van der Waals surface area contributed by atoms with Crippen LogP contribution >= 0.6 is 0 Å². The first-order valence-electron chi connectivity index (χ1n) is 6.98. The molecule has 0 N–H and O–H groups in total. The van der Waals surface area contributed by atoms with Crippen molar-refractivity contribution in [1.82, 2.24) is 4.90 Å². The van der Waals surface area contributed by atoms with Gasteiger partial charge in [0.05, 0.1) is 6.61 Å². The minimum Gasteiger partial charge on any atom is -0.444 e. The molecule has 2 spiro atoms. The molecule has 3 fully saturated rings. The molecule has 0 aromatic heterocycles. The van der Waals surface area contributed by atoms with Gasteiger partial charge in [0.25, 0.3) is 0 Å². The highest BCUT2D eigenvalue weighted by Crippen LogP contribution is 2.60. The van der Waals surface area contributed by atoms with Crippen LogP contribution in [0, 0.1) is 5.41 Å². The normalized spacial score (nSPS) is 33.4. The molecule has 1 atom stereocenters. The summed E-state index contributed by atoms with van der Waals surface area (Å²) in [6.07, 6.45) is 4.49. The van der Waals surface area contributed by atoms with Crippen molar-refractivity contribution in [3.8, 4) is 0 Å². The zero-order valence-electron chi connectivity index (χ0n) is 11.6. The number of hydrogen-bond acceptors (Lipinski definition) is 3. The van der Waals surface area contributed by atoms with E-state index in [1.165, 1.54) is 19.3 Å². The Balaban J connectivity index is 1.67. The molecule has 4 nitrogen and oxygen atoms in total. The van der Waals surface area contributed by atoms with Gasteiger partial charge >= 0.3 is 6.09 Å². The summed E-state index contributed by atoms with van der Waals surface area (Å²) in [5.41, 5.74) is -0.0546. The average Bonchev–Trinajstić information content (AvgIpc) is 2.94. The lowest BCUT2D eigenvalue weighted by atomic mass is 9.58. The van der Waals surface area contributed by atoms with Crippen molar-refractivity contribution in [3.05, 3.63) is 0 Å². The summed E-state index contributed by atoms with van der Waals surface area (Å²) in [7, 11) is 0. The van der Waals surface area contributed by atoms with Crippen LogP contribution in [0.25, 0.3) is 0 Å². The van der Waals surface area contributed by atoms with Crippen LogP contribution in [-0.4, -0.2) is 41.9 Å². The molecule has 2 saturated heterocycles. The van der Waals surface area contributed by atoms with Crippen LogP contribution in [0.3, 0.4) is 0 Å². The standard InChI is InChI=1S/C14H23NO3/c1-12(2,3)18-11(16)15-8-7-14(10-17-14)13(9-15)5-4-6-13/h4-10H2,1-3H3/t14-/m0/s1. The molecule has 1 aliphatic carbocycles. The van der Waals surface area contributed by atoms with Gasteiger partial charge in [-0.2, -0.15) is 0 Å². The lowest BCUT2D eigenvalue weighted by Crippen LogP contribution is -2.59. The van der Waals surface area contributed by atoms with Crippen LogP contribution in [0.5, 0.6) is 0 Å². The maximum atomic E-state index is 12.1. The molecule has 3 aliphatic rings. The Bertz CT molecular complexity index is 364. The Hall–Kier alpha value is -0.770. The maximum Gasteiger partial charge on any atom is 0.410 e. The molecule has 3 rings (SSSR count). The van der Waals surface area contributed by atoms with Crippen LogP contribution in [0.1, 0.15) is 46.5 Å². The predicted octanol–water partition coefficient (Wildman–Crippen LogP) is 2.57. The summed E-state index contributed by atoms with van der Waals surface area (Å²) in [5.74, 6) is 0. The predicted molar refractivity (Wildman–Crippen MR) is 67.4 cm³/mol. The van der Waals surface area contributed by atoms with Crippen LogP contribution in [0.4, 0.5) is 4.79 Å². The van der Waals surface area contributed by atoms with Gasteiger partial charge in [0.2, 0.25) is 0 Å². The number of fused-ring (bicyclic) bond motifs is 1. The number of carbonyl (C=O) groups is 1. The van der Waals surface area contributed by atoms with E-state index in [1.54, 1.807) is 0 Å². The van der Waals surface area contributed by atoms with Crippen molar-refractivity contribution in [2.45, 2.75) is 57.7 Å². The van der Waals surface area contributed by atoms with Crippen molar-refractivity contribution >= 4 is 6.09 Å². The van der Waals surface area contributed by atoms with E-state index in [4.69, 9.17) is 9.47 Å². The van der Waals surface area contributed by atoms with E-state index in [0.29, 0.717) is 0 Å². The largest absolute Gasteiger partial charge is 0.444 e. The Morgan fingerprint density at radius 2 is 1.94 bits per heavy atom. The molecule has 1 amide bonds. The molecule has 2 aliphatic heterocycles. The third kappa shape index (κ3) is 1.81. The SMILES string of the molecule is CC(C)(C)OC(=O)N1CC[C@]2(CO2)C2(CCC2)C1. The number of amides is 1. The first-order valence-corrected chi connectivity index (χ1v) is 6.98. The number of nitrogens with zero attached hydrogens (tertiary/aromatic N) is 1. The minimum absolute atomic E-state index is 0.115. The molecule has 0 bridgehead atoms. The zero-order valence-corrected chi connectivity index (χ0v) is 11.6. The second-order valence-electron chi connectivity index (χ2n) is 7.07. The molecule has 0 radical (unpaired) electrons. The number of rotatable bonds is 0. The van der Waals surface area contributed by atoms with E-state index in [0.717, 1.165) is 26.1 Å². The number of carbonyl (C=O) groups excluding carboxylic acids is 1. The van der Waals surface area contributed by atoms with Gasteiger partial charge in [-0.25, -0.2) is 4.79 Å². The van der Waals surface area contributed by atoms with Crippen molar-refractivity contribution in [2.24, 2.45) is 5.41 Å². The van der Waals surface area contributed by atoms with Crippen LogP contribution in [0.15, 0.2) is 0 Å². The molecule has 0 aromatic carbocycles. The lowest BCUT2D eigenvalue weighted by Gasteiger charge is -2.52. The lowest BCUT2D eigenvalue weighted by molar-refractivity contribution is -0.0617. The Morgan fingerprint density at radius 3 is 2.39 bits per heavy atom. The smallest absolute Gasteiger partial charge is 0.410 e. The van der Waals surface area contributed by atoms with Crippen molar-refractivity contribution in [3.63, 3.8) is 0 Å². The van der Waals surface area contributed by atoms with Crippen molar-refractivity contribution in [2.75, 3.05) is 19.7 Å². The van der Waals surface area contributed by atoms with Gasteiger partial charge in [-0.15, -0.1) is 0 Å². The Morgan fingerprint density at radius 1 is 1.28 bits per heavy atom. The maximum absolute atomic E-state index is 12.1. The van der Waals surface area contributed by atoms with Gasteiger partial charge in [0.1, 0.15) is 11.2 Å². The molecule has 102 valence electrons. The third-order valence-electron chi connectivity index (χ3n) is 4.70. The molecule has 2 heterocycles. The Kier molecular flexibility index (Phi) is 2.47. The van der Waals surface area contributed by atoms with Gasteiger partial charge in [-0.3, -0.25) is 0 Å². The molecular formula is C14H23NO3. The van der Waals surface area contributed by atoms with E-state index in [2.05, 4.69) is 0 Å². The summed E-state index contributed by atoms with van der Waals surface area (Å²) >= 11 is 0. The third-order valence-corrected chi connectivity index (χ3v) is 4.70. The van der Waals surface area contributed by atoms with Crippen LogP contribution in [-0.2, 0) is 9.47 Å². The number of epoxide rings is 1. The van der Waals surface area contributed by atoms with Crippen molar-refractivity contribution in [1.29, 1.82) is 0 Å². The first-order chi connectivity index (χ1) is 8.36. The van der Waals surface area contributed by atoms with E-state index >= 15 is 0 Å². The summed E-state index contributed by atoms with van der Waals surface area (Å²) in [5, 5.41) is 0. The van der Waals surface area contributed by atoms with Gasteiger partial charge < -0.3 is 14.4 Å². The second-order valence-corrected chi connectivity index (χ2v) is 7.07. The summed E-state index contributed by atoms with van der Waals surface area (Å²) < 4.78 is 11.2. The number of piperidine rings is 1. The highest BCUT2D eigenvalue weighted by molar-refractivity contribution is 5.68. The molecule has 0 aromatic rings. The van der Waals surface area contributed by atoms with Crippen LogP contribution in [0.2, 0.25) is 0 Å². The fraction of sp³-hybridized carbons (Fsp3) is 0.929. The second kappa shape index (κ2) is 3.62. The van der Waals surface area contributed by atoms with E-state index in [-0.39, 0.29) is 17.1 Å². The van der Waals surface area contributed by atoms with Gasteiger partial charge in [-0.05, 0) is 40.0 Å². The quantitative estimate of drug-likeness (QED) is 0.623. The number of ether oxygens (including phenoxy) is 2. The fourth-order valence-electron chi connectivity index (χ4n) is 3.41. The van der Waals surface area contributed by atoms with Crippen LogP contribution < -0.4 is 0 Å². The monoisotopic (exact) mass is 253 g/mol. The van der Waals surface area contributed by atoms with Gasteiger partial charge in [0, 0.05) is 18.5 Å². The van der Waals surface area contributed by atoms with E-state index in [1.807, 2.05) is 25.7 Å². The fourth-order valence-corrected chi connectivity index (χ4v) is 3.41. The highest BCUT2D eigenvalue weighted by Gasteiger charge is 2.66. The average molecular weight is 253 g/mol. The zero-order chi connectivity index (χ0) is 13.0. The van der Waals surface area contributed by atoms with Crippen molar-refractivity contribution < 1.29 is 14.3 Å². The molecule has 0 unspecified atom stereocenters. The molecule has 4 heteroatoms. The summed E-state index contributed by atoms with van der Waals surface area (Å²) in [4.78, 5) is 14.0. The van der Waals surface area contributed by atoms with E-state index < -0.39 is 5.60 Å². The topological polar surface area (TPSA) is 42.1 Å². The molecule has 18 heavy (non-hydrogen) atoms. The summed E-state index contributed by atoms with van der Waals surface area (Å²) in [6.45, 7) is 8.24. The van der Waals surface area contributed by atoms with Gasteiger partial charge in [0.15, 0.2) is 0 Å². The molecular weight excluding hydrogens is 230 g/mol. The minimum atomic E-state index is -0.408. The van der Waals surface area contributed by atoms with E-state index in [9.17, 15) is 4.79 Å². The number of likely N-dealkylation sites (tertiary alicyclic amines) is 1. The number of hydrogen-bond donors (Lipinski definition) is 0.